The summed E-state index contributed by atoms with van der Waals surface area (Å²) in [7, 11) is 0. The van der Waals surface area contributed by atoms with E-state index in [9.17, 15) is 32.7 Å². The Bertz CT molecular complexity index is 1580. The minimum absolute atomic E-state index is 0.122. The Labute approximate surface area is 240 Å². The van der Waals surface area contributed by atoms with Crippen LogP contribution in [0.5, 0.6) is 0 Å². The van der Waals surface area contributed by atoms with Crippen molar-refractivity contribution in [1.29, 1.82) is 0 Å². The summed E-state index contributed by atoms with van der Waals surface area (Å²) in [5.41, 5.74) is 0.0105. The molecular weight excluding hydrogens is 551 g/mol. The van der Waals surface area contributed by atoms with Crippen LogP contribution >= 0.6 is 0 Å². The quantitative estimate of drug-likeness (QED) is 0.365. The predicted octanol–water partition coefficient (Wildman–Crippen LogP) is 5.48. The molecule has 220 valence electrons. The van der Waals surface area contributed by atoms with Gasteiger partial charge in [-0.2, -0.15) is 0 Å². The van der Waals surface area contributed by atoms with Crippen LogP contribution in [0.25, 0.3) is 11.3 Å². The van der Waals surface area contributed by atoms with Gasteiger partial charge in [0.25, 0.3) is 5.91 Å². The molecule has 3 heterocycles. The van der Waals surface area contributed by atoms with Crippen LogP contribution < -0.4 is 15.5 Å². The molecule has 3 N–H and O–H groups in total. The van der Waals surface area contributed by atoms with Crippen LogP contribution in [-0.2, 0) is 11.8 Å². The number of rotatable bonds is 5. The van der Waals surface area contributed by atoms with E-state index in [0.29, 0.717) is 60.7 Å². The fourth-order valence-electron chi connectivity index (χ4n) is 5.56. The number of anilines is 2. The van der Waals surface area contributed by atoms with Gasteiger partial charge < -0.3 is 20.6 Å². The molecule has 1 aliphatic heterocycles. The zero-order valence-corrected chi connectivity index (χ0v) is 23.4. The molecule has 2 aromatic heterocycles. The summed E-state index contributed by atoms with van der Waals surface area (Å²) in [5, 5.41) is 14.7. The van der Waals surface area contributed by atoms with Gasteiger partial charge in [-0.25, -0.2) is 27.9 Å². The van der Waals surface area contributed by atoms with E-state index in [0.717, 1.165) is 30.3 Å². The number of nitrogens with one attached hydrogen (secondary N) is 2. The molecule has 12 heteroatoms. The molecule has 9 nitrogen and oxygen atoms in total. The molecule has 3 aromatic rings. The van der Waals surface area contributed by atoms with E-state index in [1.54, 1.807) is 0 Å². The Kier molecular flexibility index (Phi) is 7.65. The number of carbonyl (C=O) groups is 3. The highest BCUT2D eigenvalue weighted by Crippen LogP contribution is 2.43. The second-order valence-corrected chi connectivity index (χ2v) is 11.5. The molecule has 2 aliphatic rings. The molecule has 0 unspecified atom stereocenters. The molecule has 1 saturated heterocycles. The van der Waals surface area contributed by atoms with E-state index < -0.39 is 46.1 Å². The normalized spacial score (nSPS) is 16.8. The zero-order chi connectivity index (χ0) is 30.3. The van der Waals surface area contributed by atoms with E-state index in [2.05, 4.69) is 15.6 Å². The van der Waals surface area contributed by atoms with Gasteiger partial charge in [-0.3, -0.25) is 9.59 Å². The van der Waals surface area contributed by atoms with Crippen molar-refractivity contribution < 1.29 is 32.7 Å². The lowest BCUT2D eigenvalue weighted by Gasteiger charge is -2.38. The molecule has 5 rings (SSSR count). The minimum atomic E-state index is -1.15. The number of nitrogens with zero attached hydrogens (tertiary/aromatic N) is 3. The van der Waals surface area contributed by atoms with Gasteiger partial charge in [0.2, 0.25) is 0 Å². The van der Waals surface area contributed by atoms with Crippen molar-refractivity contribution in [2.75, 3.05) is 23.3 Å². The third-order valence-corrected chi connectivity index (χ3v) is 7.43. The number of carbonyl (C=O) groups excluding carboxylic acids is 2. The lowest BCUT2D eigenvalue weighted by molar-refractivity contribution is 0.0988. The highest BCUT2D eigenvalue weighted by atomic mass is 19.1. The maximum absolute atomic E-state index is 14.7. The fraction of sp³-hybridized carbons (Fsp3) is 0.367. The highest BCUT2D eigenvalue weighted by Gasteiger charge is 2.36. The molecule has 0 saturated carbocycles. The van der Waals surface area contributed by atoms with Gasteiger partial charge in [-0.05, 0) is 43.5 Å². The standard InChI is InChI=1S/C30H30F3N5O4/c1-30(2,3)27-25(37-28(40)20-11-10-19(33)24(35-20)22-17(31)7-4-8-18(22)32)26(16-9-12-21(39)23(16)36-27)38-13-5-6-15(14-38)34-29(41)42/h4,7-8,10-11,15,34H,5-6,9,12-14H2,1-3H3,(H,37,40)(H,41,42)/t15-/m0/s1. The van der Waals surface area contributed by atoms with E-state index in [-0.39, 0.29) is 23.9 Å². The Morgan fingerprint density at radius 1 is 1.00 bits per heavy atom. The fourth-order valence-corrected chi connectivity index (χ4v) is 5.56. The number of amides is 2. The van der Waals surface area contributed by atoms with Crippen LogP contribution in [0.4, 0.5) is 29.3 Å². The van der Waals surface area contributed by atoms with E-state index >= 15 is 0 Å². The largest absolute Gasteiger partial charge is 0.465 e. The van der Waals surface area contributed by atoms with Crippen molar-refractivity contribution in [3.8, 4) is 11.3 Å². The molecular formula is C30H30F3N5O4. The van der Waals surface area contributed by atoms with Crippen LogP contribution in [0.2, 0.25) is 0 Å². The number of hydrogen-bond acceptors (Lipinski definition) is 6. The number of hydrogen-bond donors (Lipinski definition) is 3. The second kappa shape index (κ2) is 11.1. The van der Waals surface area contributed by atoms with E-state index in [4.69, 9.17) is 4.98 Å². The van der Waals surface area contributed by atoms with Crippen molar-refractivity contribution in [1.82, 2.24) is 15.3 Å². The van der Waals surface area contributed by atoms with Crippen LogP contribution in [-0.4, -0.2) is 52.0 Å². The van der Waals surface area contributed by atoms with Gasteiger partial charge in [0.1, 0.15) is 34.5 Å². The average Bonchev–Trinajstić information content (AvgIpc) is 3.28. The van der Waals surface area contributed by atoms with Crippen LogP contribution in [0.1, 0.15) is 72.3 Å². The van der Waals surface area contributed by atoms with Crippen molar-refractivity contribution >= 4 is 29.2 Å². The molecule has 0 bridgehead atoms. The van der Waals surface area contributed by atoms with Gasteiger partial charge in [0, 0.05) is 36.5 Å². The van der Waals surface area contributed by atoms with Crippen LogP contribution in [0, 0.1) is 17.5 Å². The average molecular weight is 582 g/mol. The Morgan fingerprint density at radius 2 is 1.71 bits per heavy atom. The van der Waals surface area contributed by atoms with Crippen molar-refractivity contribution in [2.24, 2.45) is 0 Å². The topological polar surface area (TPSA) is 125 Å². The smallest absolute Gasteiger partial charge is 0.404 e. The molecule has 0 spiro atoms. The zero-order valence-electron chi connectivity index (χ0n) is 23.4. The number of benzene rings is 1. The predicted molar refractivity (Wildman–Crippen MR) is 149 cm³/mol. The SMILES string of the molecule is CC(C)(C)c1nc2c(c(N3CCC[C@H](NC(=O)O)C3)c1NC(=O)c1ccc(F)c(-c3c(F)cccc3F)n1)CCC2=O. The van der Waals surface area contributed by atoms with E-state index in [1.165, 1.54) is 0 Å². The van der Waals surface area contributed by atoms with Crippen molar-refractivity contribution in [3.63, 3.8) is 0 Å². The summed E-state index contributed by atoms with van der Waals surface area (Å²) >= 11 is 0. The Morgan fingerprint density at radius 3 is 2.38 bits per heavy atom. The van der Waals surface area contributed by atoms with Crippen molar-refractivity contribution in [2.45, 2.75) is 57.9 Å². The lowest BCUT2D eigenvalue weighted by atomic mass is 9.88. The molecule has 2 amide bonds. The van der Waals surface area contributed by atoms with Gasteiger partial charge in [0.15, 0.2) is 5.78 Å². The number of fused-ring (bicyclic) bond motifs is 1. The molecule has 42 heavy (non-hydrogen) atoms. The summed E-state index contributed by atoms with van der Waals surface area (Å²) in [4.78, 5) is 48.5. The van der Waals surface area contributed by atoms with Crippen LogP contribution in [0.3, 0.4) is 0 Å². The molecule has 1 atom stereocenters. The first-order valence-corrected chi connectivity index (χ1v) is 13.6. The Balaban J connectivity index is 1.62. The maximum Gasteiger partial charge on any atom is 0.404 e. The van der Waals surface area contributed by atoms with Gasteiger partial charge in [-0.1, -0.05) is 26.8 Å². The monoisotopic (exact) mass is 581 g/mol. The number of aromatic nitrogens is 2. The molecule has 1 fully saturated rings. The van der Waals surface area contributed by atoms with Gasteiger partial charge in [0.05, 0.1) is 22.6 Å². The minimum Gasteiger partial charge on any atom is -0.465 e. The number of carboxylic acid groups (broad SMARTS) is 1. The summed E-state index contributed by atoms with van der Waals surface area (Å²) in [5.74, 6) is -3.96. The molecule has 0 radical (unpaired) electrons. The third kappa shape index (κ3) is 5.53. The summed E-state index contributed by atoms with van der Waals surface area (Å²) in [6.45, 7) is 6.47. The van der Waals surface area contributed by atoms with E-state index in [1.807, 2.05) is 25.7 Å². The highest BCUT2D eigenvalue weighted by molar-refractivity contribution is 6.08. The summed E-state index contributed by atoms with van der Waals surface area (Å²) in [6.07, 6.45) is 0.773. The first kappa shape index (κ1) is 29.0. The van der Waals surface area contributed by atoms with Crippen LogP contribution in [0.15, 0.2) is 30.3 Å². The molecule has 1 aromatic carbocycles. The maximum atomic E-state index is 14.7. The second-order valence-electron chi connectivity index (χ2n) is 11.5. The number of ketones is 1. The Hall–Kier alpha value is -4.48. The summed E-state index contributed by atoms with van der Waals surface area (Å²) in [6, 6.07) is 4.73. The number of piperidine rings is 1. The summed E-state index contributed by atoms with van der Waals surface area (Å²) < 4.78 is 43.7. The first-order valence-electron chi connectivity index (χ1n) is 13.6. The lowest BCUT2D eigenvalue weighted by Crippen LogP contribution is -2.48. The number of halogens is 3. The van der Waals surface area contributed by atoms with Gasteiger partial charge >= 0.3 is 6.09 Å². The number of Topliss-reactive ketones (excluding diaryl/α,β-unsaturated/α-hetero) is 1. The number of pyridine rings is 2. The molecule has 1 aliphatic carbocycles. The van der Waals surface area contributed by atoms with Crippen molar-refractivity contribution in [3.05, 3.63) is 70.4 Å². The third-order valence-electron chi connectivity index (χ3n) is 7.43. The first-order chi connectivity index (χ1) is 19.8. The van der Waals surface area contributed by atoms with Gasteiger partial charge in [-0.15, -0.1) is 0 Å².